The summed E-state index contributed by atoms with van der Waals surface area (Å²) in [6, 6.07) is 25.5. The lowest BCUT2D eigenvalue weighted by molar-refractivity contribution is -0.125. The van der Waals surface area contributed by atoms with Crippen molar-refractivity contribution in [2.75, 3.05) is 24.5 Å². The molecule has 0 radical (unpaired) electrons. The number of hydrogen-bond acceptors (Lipinski definition) is 3. The number of hydrogen-bond donors (Lipinski definition) is 1. The van der Waals surface area contributed by atoms with Crippen molar-refractivity contribution in [1.29, 1.82) is 0 Å². The summed E-state index contributed by atoms with van der Waals surface area (Å²) in [5, 5.41) is 3.18. The summed E-state index contributed by atoms with van der Waals surface area (Å²) in [4.78, 5) is 20.2. The van der Waals surface area contributed by atoms with Gasteiger partial charge < -0.3 is 14.8 Å². The van der Waals surface area contributed by atoms with Crippen LogP contribution in [0.2, 0.25) is 0 Å². The molecule has 1 saturated heterocycles. The van der Waals surface area contributed by atoms with Crippen molar-refractivity contribution in [3.05, 3.63) is 95.1 Å². The summed E-state index contributed by atoms with van der Waals surface area (Å²) in [6.07, 6.45) is 3.68. The SMILES string of the molecule is Cc1ccc(C)c(Cn2c(N3CCC(C(=O)NCCCc4ccccc4)CC3)nc3ccccc32)c1. The van der Waals surface area contributed by atoms with Crippen molar-refractivity contribution in [2.24, 2.45) is 5.92 Å². The first-order chi connectivity index (χ1) is 17.6. The molecule has 1 aliphatic heterocycles. The van der Waals surface area contributed by atoms with Gasteiger partial charge in [0.15, 0.2) is 0 Å². The number of benzene rings is 3. The summed E-state index contributed by atoms with van der Waals surface area (Å²) in [7, 11) is 0. The Bertz CT molecular complexity index is 1320. The molecule has 1 fully saturated rings. The Morgan fingerprint density at radius 2 is 1.72 bits per heavy atom. The number of piperidine rings is 1. The second-order valence-corrected chi connectivity index (χ2v) is 10.1. The van der Waals surface area contributed by atoms with Gasteiger partial charge in [-0.15, -0.1) is 0 Å². The molecule has 3 aromatic carbocycles. The number of amides is 1. The maximum absolute atomic E-state index is 12.8. The first-order valence-electron chi connectivity index (χ1n) is 13.2. The second kappa shape index (κ2) is 11.0. The van der Waals surface area contributed by atoms with Crippen molar-refractivity contribution in [1.82, 2.24) is 14.9 Å². The van der Waals surface area contributed by atoms with Crippen molar-refractivity contribution in [3.8, 4) is 0 Å². The van der Waals surface area contributed by atoms with Crippen molar-refractivity contribution >= 4 is 22.9 Å². The van der Waals surface area contributed by atoms with Crippen LogP contribution in [0.5, 0.6) is 0 Å². The summed E-state index contributed by atoms with van der Waals surface area (Å²) in [5.74, 6) is 1.29. The van der Waals surface area contributed by atoms with E-state index in [-0.39, 0.29) is 11.8 Å². The van der Waals surface area contributed by atoms with Gasteiger partial charge in [-0.1, -0.05) is 66.2 Å². The molecule has 1 N–H and O–H groups in total. The van der Waals surface area contributed by atoms with E-state index in [9.17, 15) is 4.79 Å². The molecule has 4 aromatic rings. The molecule has 0 aliphatic carbocycles. The molecule has 0 saturated carbocycles. The highest BCUT2D eigenvalue weighted by Crippen LogP contribution is 2.28. The molecule has 5 heteroatoms. The maximum atomic E-state index is 12.8. The minimum atomic E-state index is 0.0785. The molecule has 1 aromatic heterocycles. The van der Waals surface area contributed by atoms with Crippen LogP contribution in [0.1, 0.15) is 41.5 Å². The van der Waals surface area contributed by atoms with E-state index in [1.807, 2.05) is 6.07 Å². The first-order valence-corrected chi connectivity index (χ1v) is 13.2. The summed E-state index contributed by atoms with van der Waals surface area (Å²) in [6.45, 7) is 7.55. The Balaban J connectivity index is 1.23. The number of nitrogens with zero attached hydrogens (tertiary/aromatic N) is 3. The smallest absolute Gasteiger partial charge is 0.223 e. The van der Waals surface area contributed by atoms with E-state index in [4.69, 9.17) is 4.98 Å². The molecular weight excluding hydrogens is 444 g/mol. The van der Waals surface area contributed by atoms with Crippen LogP contribution in [0.3, 0.4) is 0 Å². The fourth-order valence-corrected chi connectivity index (χ4v) is 5.24. The predicted octanol–water partition coefficient (Wildman–Crippen LogP) is 5.67. The summed E-state index contributed by atoms with van der Waals surface area (Å²) >= 11 is 0. The average molecular weight is 481 g/mol. The standard InChI is InChI=1S/C31H36N4O/c1-23-14-15-24(2)27(21-23)22-35-29-13-7-6-12-28(29)33-31(35)34-19-16-26(17-20-34)30(36)32-18-8-11-25-9-4-3-5-10-25/h3-7,9-10,12-15,21,26H,8,11,16-20,22H2,1-2H3,(H,32,36). The molecule has 1 aliphatic rings. The number of carbonyl (C=O) groups is 1. The van der Waals surface area contributed by atoms with E-state index in [0.29, 0.717) is 0 Å². The Kier molecular flexibility index (Phi) is 7.36. The van der Waals surface area contributed by atoms with Crippen LogP contribution < -0.4 is 10.2 Å². The Morgan fingerprint density at radius 3 is 2.53 bits per heavy atom. The number of anilines is 1. The lowest BCUT2D eigenvalue weighted by Crippen LogP contribution is -2.41. The molecular formula is C31H36N4O. The van der Waals surface area contributed by atoms with Gasteiger partial charge >= 0.3 is 0 Å². The molecule has 2 heterocycles. The van der Waals surface area contributed by atoms with E-state index in [2.05, 4.69) is 95.4 Å². The van der Waals surface area contributed by atoms with Gasteiger partial charge in [-0.2, -0.15) is 0 Å². The summed E-state index contributed by atoms with van der Waals surface area (Å²) in [5.41, 5.74) is 7.40. The largest absolute Gasteiger partial charge is 0.356 e. The average Bonchev–Trinajstić information content (AvgIpc) is 3.27. The quantitative estimate of drug-likeness (QED) is 0.331. The predicted molar refractivity (Wildman–Crippen MR) is 147 cm³/mol. The number of aromatic nitrogens is 2. The van der Waals surface area contributed by atoms with Crippen LogP contribution in [0.25, 0.3) is 11.0 Å². The fraction of sp³-hybridized carbons (Fsp3) is 0.355. The van der Waals surface area contributed by atoms with Gasteiger partial charge in [0.1, 0.15) is 0 Å². The zero-order valence-electron chi connectivity index (χ0n) is 21.4. The number of rotatable bonds is 8. The van der Waals surface area contributed by atoms with Gasteiger partial charge in [0.2, 0.25) is 11.9 Å². The van der Waals surface area contributed by atoms with Crippen LogP contribution in [-0.4, -0.2) is 35.1 Å². The minimum absolute atomic E-state index is 0.0785. The Hall–Kier alpha value is -3.60. The monoisotopic (exact) mass is 480 g/mol. The van der Waals surface area contributed by atoms with E-state index < -0.39 is 0 Å². The van der Waals surface area contributed by atoms with Crippen LogP contribution in [-0.2, 0) is 17.8 Å². The summed E-state index contributed by atoms with van der Waals surface area (Å²) < 4.78 is 2.35. The topological polar surface area (TPSA) is 50.2 Å². The number of aryl methyl sites for hydroxylation is 3. The second-order valence-electron chi connectivity index (χ2n) is 10.1. The van der Waals surface area contributed by atoms with Crippen LogP contribution >= 0.6 is 0 Å². The zero-order valence-corrected chi connectivity index (χ0v) is 21.4. The van der Waals surface area contributed by atoms with E-state index in [0.717, 1.165) is 68.8 Å². The zero-order chi connectivity index (χ0) is 24.9. The number of imidazole rings is 1. The van der Waals surface area contributed by atoms with Crippen molar-refractivity contribution < 1.29 is 4.79 Å². The lowest BCUT2D eigenvalue weighted by atomic mass is 9.96. The number of carbonyl (C=O) groups excluding carboxylic acids is 1. The van der Waals surface area contributed by atoms with Gasteiger partial charge in [-0.25, -0.2) is 4.98 Å². The van der Waals surface area contributed by atoms with Gasteiger partial charge in [-0.05, 0) is 68.4 Å². The molecule has 0 atom stereocenters. The van der Waals surface area contributed by atoms with Gasteiger partial charge in [-0.3, -0.25) is 4.79 Å². The first kappa shape index (κ1) is 24.1. The fourth-order valence-electron chi connectivity index (χ4n) is 5.24. The highest BCUT2D eigenvalue weighted by atomic mass is 16.1. The number of para-hydroxylation sites is 2. The molecule has 5 nitrogen and oxygen atoms in total. The highest BCUT2D eigenvalue weighted by molar-refractivity contribution is 5.80. The number of fused-ring (bicyclic) bond motifs is 1. The third kappa shape index (κ3) is 5.46. The van der Waals surface area contributed by atoms with Crippen LogP contribution in [0, 0.1) is 19.8 Å². The van der Waals surface area contributed by atoms with E-state index in [1.54, 1.807) is 0 Å². The molecule has 0 unspecified atom stereocenters. The number of nitrogens with one attached hydrogen (secondary N) is 1. The molecule has 0 bridgehead atoms. The third-order valence-corrected chi connectivity index (χ3v) is 7.40. The van der Waals surface area contributed by atoms with Crippen LogP contribution in [0.15, 0.2) is 72.8 Å². The van der Waals surface area contributed by atoms with E-state index >= 15 is 0 Å². The normalized spacial score (nSPS) is 14.3. The lowest BCUT2D eigenvalue weighted by Gasteiger charge is -2.32. The molecule has 1 amide bonds. The third-order valence-electron chi connectivity index (χ3n) is 7.40. The van der Waals surface area contributed by atoms with E-state index in [1.165, 1.54) is 22.3 Å². The molecule has 0 spiro atoms. The minimum Gasteiger partial charge on any atom is -0.356 e. The molecule has 5 rings (SSSR count). The van der Waals surface area contributed by atoms with Gasteiger partial charge in [0.25, 0.3) is 0 Å². The van der Waals surface area contributed by atoms with Gasteiger partial charge in [0.05, 0.1) is 17.6 Å². The Morgan fingerprint density at radius 1 is 0.972 bits per heavy atom. The molecule has 186 valence electrons. The Labute approximate surface area is 214 Å². The van der Waals surface area contributed by atoms with Gasteiger partial charge in [0, 0.05) is 25.6 Å². The van der Waals surface area contributed by atoms with Crippen molar-refractivity contribution in [3.63, 3.8) is 0 Å². The van der Waals surface area contributed by atoms with Crippen LogP contribution in [0.4, 0.5) is 5.95 Å². The highest BCUT2D eigenvalue weighted by Gasteiger charge is 2.27. The van der Waals surface area contributed by atoms with Crippen molar-refractivity contribution in [2.45, 2.75) is 46.1 Å². The maximum Gasteiger partial charge on any atom is 0.223 e. The molecule has 36 heavy (non-hydrogen) atoms.